The van der Waals surface area contributed by atoms with Crippen molar-refractivity contribution in [3.05, 3.63) is 84.5 Å². The van der Waals surface area contributed by atoms with E-state index in [1.165, 1.54) is 11.3 Å². The van der Waals surface area contributed by atoms with Crippen LogP contribution in [0.2, 0.25) is 0 Å². The second-order valence-electron chi connectivity index (χ2n) is 7.69. The van der Waals surface area contributed by atoms with E-state index in [0.717, 1.165) is 11.1 Å². The number of rotatable bonds is 5. The first-order valence-electron chi connectivity index (χ1n) is 10.7. The summed E-state index contributed by atoms with van der Waals surface area (Å²) in [5.74, 6) is 1.43. The molecule has 0 aliphatic carbocycles. The molecule has 0 amide bonds. The number of allylic oxidation sites excluding steroid dienone is 1. The van der Waals surface area contributed by atoms with Gasteiger partial charge in [0, 0.05) is 0 Å². The summed E-state index contributed by atoms with van der Waals surface area (Å²) in [7, 11) is 1.57. The molecule has 3 heterocycles. The zero-order valence-corrected chi connectivity index (χ0v) is 19.7. The molecule has 34 heavy (non-hydrogen) atoms. The van der Waals surface area contributed by atoms with Gasteiger partial charge in [-0.15, -0.1) is 0 Å². The van der Waals surface area contributed by atoms with Crippen LogP contribution in [0, 0.1) is 0 Å². The van der Waals surface area contributed by atoms with E-state index in [1.54, 1.807) is 31.6 Å². The van der Waals surface area contributed by atoms with E-state index in [1.807, 2.05) is 42.5 Å². The molecule has 0 spiro atoms. The topological polar surface area (TPSA) is 88.4 Å². The van der Waals surface area contributed by atoms with Gasteiger partial charge in [0.05, 0.1) is 35.6 Å². The standard InChI is InChI=1S/C25H22N2O6S/c1-4-31-24(29)21-14(2)26-25-27(22(21)16-6-5-7-17(12-16)30-3)23(28)20(34-25)11-15-8-9-18-19(10-15)33-13-32-18/h5-12,22H,4,13H2,1-3H3/b20-11-. The van der Waals surface area contributed by atoms with E-state index in [0.29, 0.717) is 37.9 Å². The maximum Gasteiger partial charge on any atom is 0.338 e. The fourth-order valence-electron chi connectivity index (χ4n) is 4.07. The molecule has 0 N–H and O–H groups in total. The molecule has 1 aromatic heterocycles. The number of nitrogens with zero attached hydrogens (tertiary/aromatic N) is 2. The fourth-order valence-corrected chi connectivity index (χ4v) is 5.12. The summed E-state index contributed by atoms with van der Waals surface area (Å²) in [4.78, 5) is 31.7. The van der Waals surface area contributed by atoms with Crippen molar-refractivity contribution in [1.29, 1.82) is 0 Å². The normalized spacial score (nSPS) is 16.8. The third-order valence-electron chi connectivity index (χ3n) is 5.62. The lowest BCUT2D eigenvalue weighted by molar-refractivity contribution is -0.139. The van der Waals surface area contributed by atoms with Crippen LogP contribution in [0.15, 0.2) is 63.5 Å². The lowest BCUT2D eigenvalue weighted by atomic mass is 9.95. The van der Waals surface area contributed by atoms with Gasteiger partial charge >= 0.3 is 5.97 Å². The average Bonchev–Trinajstić information content (AvgIpc) is 3.42. The zero-order chi connectivity index (χ0) is 23.8. The van der Waals surface area contributed by atoms with Crippen LogP contribution < -0.4 is 29.1 Å². The summed E-state index contributed by atoms with van der Waals surface area (Å²) < 4.78 is 23.6. The largest absolute Gasteiger partial charge is 0.497 e. The Hall–Kier alpha value is -3.85. The number of carbonyl (C=O) groups is 1. The van der Waals surface area contributed by atoms with E-state index in [4.69, 9.17) is 18.9 Å². The summed E-state index contributed by atoms with van der Waals surface area (Å²) >= 11 is 1.27. The first-order chi connectivity index (χ1) is 16.5. The molecule has 2 aromatic carbocycles. The molecular formula is C25H22N2O6S. The van der Waals surface area contributed by atoms with Crippen LogP contribution >= 0.6 is 11.3 Å². The smallest absolute Gasteiger partial charge is 0.338 e. The van der Waals surface area contributed by atoms with Gasteiger partial charge in [0.15, 0.2) is 16.3 Å². The van der Waals surface area contributed by atoms with Gasteiger partial charge in [0.25, 0.3) is 5.56 Å². The summed E-state index contributed by atoms with van der Waals surface area (Å²) in [6.07, 6.45) is 1.79. The predicted molar refractivity (Wildman–Crippen MR) is 126 cm³/mol. The fraction of sp³-hybridized carbons (Fsp3) is 0.240. The number of hydrogen-bond acceptors (Lipinski definition) is 8. The van der Waals surface area contributed by atoms with Gasteiger partial charge in [-0.1, -0.05) is 29.5 Å². The first kappa shape index (κ1) is 22.0. The van der Waals surface area contributed by atoms with Crippen molar-refractivity contribution in [2.24, 2.45) is 4.99 Å². The van der Waals surface area contributed by atoms with Crippen LogP contribution in [0.4, 0.5) is 0 Å². The highest BCUT2D eigenvalue weighted by Crippen LogP contribution is 2.33. The van der Waals surface area contributed by atoms with Crippen LogP contribution in [0.1, 0.15) is 31.0 Å². The summed E-state index contributed by atoms with van der Waals surface area (Å²) in [6.45, 7) is 3.90. The number of fused-ring (bicyclic) bond motifs is 2. The highest BCUT2D eigenvalue weighted by Gasteiger charge is 2.33. The number of hydrogen-bond donors (Lipinski definition) is 0. The minimum Gasteiger partial charge on any atom is -0.497 e. The molecule has 5 rings (SSSR count). The van der Waals surface area contributed by atoms with Crippen LogP contribution in [0.25, 0.3) is 6.08 Å². The van der Waals surface area contributed by atoms with Gasteiger partial charge in [0.2, 0.25) is 6.79 Å². The average molecular weight is 479 g/mol. The molecule has 1 unspecified atom stereocenters. The Kier molecular flexibility index (Phi) is 5.70. The highest BCUT2D eigenvalue weighted by molar-refractivity contribution is 7.07. The van der Waals surface area contributed by atoms with Crippen molar-refractivity contribution in [3.63, 3.8) is 0 Å². The van der Waals surface area contributed by atoms with Crippen molar-refractivity contribution in [2.75, 3.05) is 20.5 Å². The summed E-state index contributed by atoms with van der Waals surface area (Å²) in [5, 5.41) is 0. The van der Waals surface area contributed by atoms with Gasteiger partial charge in [-0.05, 0) is 55.3 Å². The van der Waals surface area contributed by atoms with Crippen molar-refractivity contribution >= 4 is 23.4 Å². The van der Waals surface area contributed by atoms with Crippen molar-refractivity contribution in [3.8, 4) is 17.2 Å². The number of carbonyl (C=O) groups excluding carboxylic acids is 1. The Balaban J connectivity index is 1.70. The molecule has 3 aromatic rings. The third kappa shape index (κ3) is 3.77. The van der Waals surface area contributed by atoms with Crippen molar-refractivity contribution in [2.45, 2.75) is 19.9 Å². The minimum absolute atomic E-state index is 0.178. The number of methoxy groups -OCH3 is 1. The maximum atomic E-state index is 13.6. The quantitative estimate of drug-likeness (QED) is 0.524. The predicted octanol–water partition coefficient (Wildman–Crippen LogP) is 2.54. The van der Waals surface area contributed by atoms with Gasteiger partial charge in [-0.3, -0.25) is 9.36 Å². The zero-order valence-electron chi connectivity index (χ0n) is 18.9. The van der Waals surface area contributed by atoms with Gasteiger partial charge < -0.3 is 18.9 Å². The van der Waals surface area contributed by atoms with Crippen molar-refractivity contribution < 1.29 is 23.7 Å². The SMILES string of the molecule is CCOC(=O)C1=C(C)N=c2s/c(=C\c3ccc4c(c3)OCO4)c(=O)n2C1c1cccc(OC)c1. The molecule has 0 saturated carbocycles. The minimum atomic E-state index is -0.690. The maximum absolute atomic E-state index is 13.6. The van der Waals surface area contributed by atoms with E-state index < -0.39 is 12.0 Å². The van der Waals surface area contributed by atoms with Crippen LogP contribution in [0.3, 0.4) is 0 Å². The Labute approximate surface area is 199 Å². The Bertz CT molecular complexity index is 1500. The number of ether oxygens (including phenoxy) is 4. The molecule has 2 aliphatic rings. The molecule has 1 atom stereocenters. The second-order valence-corrected chi connectivity index (χ2v) is 8.70. The summed E-state index contributed by atoms with van der Waals surface area (Å²) in [5.41, 5.74) is 2.13. The molecule has 8 nitrogen and oxygen atoms in total. The Morgan fingerprint density at radius 2 is 2.06 bits per heavy atom. The first-order valence-corrected chi connectivity index (χ1v) is 11.5. The second kappa shape index (κ2) is 8.83. The van der Waals surface area contributed by atoms with E-state index >= 15 is 0 Å². The van der Waals surface area contributed by atoms with Gasteiger partial charge in [-0.25, -0.2) is 9.79 Å². The molecule has 0 radical (unpaired) electrons. The Morgan fingerprint density at radius 3 is 2.85 bits per heavy atom. The number of benzene rings is 2. The highest BCUT2D eigenvalue weighted by atomic mass is 32.1. The van der Waals surface area contributed by atoms with Crippen molar-refractivity contribution in [1.82, 2.24) is 4.57 Å². The Morgan fingerprint density at radius 1 is 1.24 bits per heavy atom. The monoisotopic (exact) mass is 478 g/mol. The summed E-state index contributed by atoms with van der Waals surface area (Å²) in [6, 6.07) is 12.1. The molecular weight excluding hydrogens is 456 g/mol. The van der Waals surface area contributed by atoms with Crippen LogP contribution in [-0.4, -0.2) is 31.0 Å². The molecule has 0 saturated heterocycles. The van der Waals surface area contributed by atoms with Crippen LogP contribution in [0.5, 0.6) is 17.2 Å². The molecule has 9 heteroatoms. The number of aromatic nitrogens is 1. The third-order valence-corrected chi connectivity index (χ3v) is 6.60. The molecule has 174 valence electrons. The van der Waals surface area contributed by atoms with Gasteiger partial charge in [0.1, 0.15) is 5.75 Å². The molecule has 0 bridgehead atoms. The molecule has 2 aliphatic heterocycles. The molecule has 0 fully saturated rings. The number of esters is 1. The lowest BCUT2D eigenvalue weighted by Crippen LogP contribution is -2.39. The van der Waals surface area contributed by atoms with Gasteiger partial charge in [-0.2, -0.15) is 0 Å². The van der Waals surface area contributed by atoms with E-state index in [9.17, 15) is 9.59 Å². The number of thiazole rings is 1. The lowest BCUT2D eigenvalue weighted by Gasteiger charge is -2.25. The van der Waals surface area contributed by atoms with E-state index in [-0.39, 0.29) is 19.0 Å². The van der Waals surface area contributed by atoms with Crippen LogP contribution in [-0.2, 0) is 9.53 Å². The van der Waals surface area contributed by atoms with E-state index in [2.05, 4.69) is 4.99 Å².